The Kier molecular flexibility index (Phi) is 7.17. The van der Waals surface area contributed by atoms with Gasteiger partial charge in [-0.25, -0.2) is 0 Å². The van der Waals surface area contributed by atoms with Crippen molar-refractivity contribution in [1.82, 2.24) is 4.57 Å². The minimum Gasteiger partial charge on any atom is -0.505 e. The second kappa shape index (κ2) is 9.81. The predicted molar refractivity (Wildman–Crippen MR) is 160 cm³/mol. The lowest BCUT2D eigenvalue weighted by Crippen LogP contribution is -2.26. The molecule has 6 heteroatoms. The van der Waals surface area contributed by atoms with Crippen molar-refractivity contribution in [2.45, 2.75) is 72.6 Å². The Bertz CT molecular complexity index is 1570. The average Bonchev–Trinajstić information content (AvgIpc) is 3.09. The summed E-state index contributed by atoms with van der Waals surface area (Å²) < 4.78 is 2.52. The normalized spacial score (nSPS) is 13.1. The molecule has 0 saturated heterocycles. The van der Waals surface area contributed by atoms with Crippen molar-refractivity contribution in [2.75, 3.05) is 0 Å². The number of rotatable bonds is 6. The summed E-state index contributed by atoms with van der Waals surface area (Å²) in [6.45, 7) is 17.5. The first-order chi connectivity index (χ1) is 17.6. The second-order valence-corrected chi connectivity index (χ2v) is 13.7. The van der Waals surface area contributed by atoms with Crippen LogP contribution in [0.5, 0.6) is 5.75 Å². The molecule has 4 rings (SSSR count). The van der Waals surface area contributed by atoms with E-state index in [2.05, 4.69) is 76.9 Å². The highest BCUT2D eigenvalue weighted by molar-refractivity contribution is 7.16. The zero-order valence-corrected chi connectivity index (χ0v) is 24.8. The molecule has 0 unspecified atom stereocenters. The van der Waals surface area contributed by atoms with Crippen molar-refractivity contribution >= 4 is 32.9 Å². The maximum atomic E-state index is 12.2. The van der Waals surface area contributed by atoms with Gasteiger partial charge in [-0.2, -0.15) is 5.11 Å². The van der Waals surface area contributed by atoms with E-state index in [4.69, 9.17) is 0 Å². The molecule has 0 atom stereocenters. The van der Waals surface area contributed by atoms with E-state index in [1.807, 2.05) is 43.3 Å². The third-order valence-corrected chi connectivity index (χ3v) is 8.38. The third-order valence-electron chi connectivity index (χ3n) is 7.39. The number of fused-ring (bicyclic) bond motifs is 1. The number of aryl methyl sites for hydroxylation is 2. The van der Waals surface area contributed by atoms with Gasteiger partial charge in [-0.3, -0.25) is 4.79 Å². The van der Waals surface area contributed by atoms with E-state index in [0.717, 1.165) is 38.9 Å². The highest BCUT2D eigenvalue weighted by Crippen LogP contribution is 2.46. The third kappa shape index (κ3) is 5.46. The van der Waals surface area contributed by atoms with Crippen LogP contribution >= 0.6 is 11.3 Å². The van der Waals surface area contributed by atoms with Crippen molar-refractivity contribution in [3.05, 3.63) is 86.5 Å². The average molecular weight is 530 g/mol. The summed E-state index contributed by atoms with van der Waals surface area (Å²) in [5, 5.41) is 20.8. The van der Waals surface area contributed by atoms with Gasteiger partial charge < -0.3 is 9.67 Å². The van der Waals surface area contributed by atoms with Crippen LogP contribution in [0.15, 0.2) is 69.6 Å². The molecule has 5 nitrogen and oxygen atoms in total. The van der Waals surface area contributed by atoms with Gasteiger partial charge >= 0.3 is 4.87 Å². The Balaban J connectivity index is 1.89. The quantitative estimate of drug-likeness (QED) is 0.253. The number of nitrogens with zero attached hydrogens (tertiary/aromatic N) is 3. The van der Waals surface area contributed by atoms with E-state index < -0.39 is 5.41 Å². The minimum absolute atomic E-state index is 0.00676. The molecule has 0 aliphatic heterocycles. The van der Waals surface area contributed by atoms with Crippen LogP contribution in [0.1, 0.15) is 77.1 Å². The van der Waals surface area contributed by atoms with Crippen molar-refractivity contribution < 1.29 is 5.11 Å². The fourth-order valence-electron chi connectivity index (χ4n) is 5.48. The standard InChI is InChI=1S/C32H39N3O2S/c1-20-15-26-27(38-29(37)35(26)9)18-24(20)33-34-25-17-22(31(5,6)19-30(2,3)4)16-23(28(25)36)32(7,8)21-13-11-10-12-14-21/h10-18,36H,19H2,1-9H3. The number of phenols is 1. The van der Waals surface area contributed by atoms with Gasteiger partial charge in [0.25, 0.3) is 0 Å². The summed E-state index contributed by atoms with van der Waals surface area (Å²) in [7, 11) is 1.78. The Morgan fingerprint density at radius 3 is 2.13 bits per heavy atom. The number of hydrogen-bond acceptors (Lipinski definition) is 5. The van der Waals surface area contributed by atoms with E-state index in [0.29, 0.717) is 11.4 Å². The van der Waals surface area contributed by atoms with Gasteiger partial charge in [0, 0.05) is 18.0 Å². The van der Waals surface area contributed by atoms with E-state index in [1.165, 1.54) is 11.3 Å². The van der Waals surface area contributed by atoms with E-state index in [1.54, 1.807) is 11.6 Å². The molecule has 3 aromatic carbocycles. The van der Waals surface area contributed by atoms with Gasteiger partial charge in [-0.05, 0) is 59.1 Å². The molecule has 4 aromatic rings. The molecule has 0 amide bonds. The molecule has 1 aromatic heterocycles. The Morgan fingerprint density at radius 2 is 1.50 bits per heavy atom. The lowest BCUT2D eigenvalue weighted by atomic mass is 9.70. The Morgan fingerprint density at radius 1 is 0.868 bits per heavy atom. The summed E-state index contributed by atoms with van der Waals surface area (Å²) >= 11 is 1.20. The van der Waals surface area contributed by atoms with Gasteiger partial charge in [0.2, 0.25) is 0 Å². The van der Waals surface area contributed by atoms with E-state index in [9.17, 15) is 9.90 Å². The number of phenolic OH excluding ortho intramolecular Hbond substituents is 1. The van der Waals surface area contributed by atoms with E-state index in [-0.39, 0.29) is 21.5 Å². The lowest BCUT2D eigenvalue weighted by Gasteiger charge is -2.35. The summed E-state index contributed by atoms with van der Waals surface area (Å²) in [5.74, 6) is 0.140. The second-order valence-electron chi connectivity index (χ2n) is 12.7. The van der Waals surface area contributed by atoms with Gasteiger partial charge in [0.05, 0.1) is 15.9 Å². The zero-order valence-electron chi connectivity index (χ0n) is 24.0. The molecule has 1 heterocycles. The topological polar surface area (TPSA) is 67.0 Å². The Labute approximate surface area is 229 Å². The zero-order chi connectivity index (χ0) is 28.0. The first-order valence-corrected chi connectivity index (χ1v) is 13.9. The fraction of sp³-hybridized carbons (Fsp3) is 0.406. The summed E-state index contributed by atoms with van der Waals surface area (Å²) in [4.78, 5) is 12.2. The molecule has 0 aliphatic rings. The van der Waals surface area contributed by atoms with Crippen LogP contribution in [0.4, 0.5) is 11.4 Å². The first kappa shape index (κ1) is 27.8. The number of aromatic nitrogens is 1. The molecule has 0 fully saturated rings. The molecular weight excluding hydrogens is 490 g/mol. The minimum atomic E-state index is -0.450. The number of hydrogen-bond donors (Lipinski definition) is 1. The monoisotopic (exact) mass is 529 g/mol. The largest absolute Gasteiger partial charge is 0.505 e. The van der Waals surface area contributed by atoms with Crippen LogP contribution in [0.2, 0.25) is 0 Å². The molecule has 0 aliphatic carbocycles. The molecule has 0 radical (unpaired) electrons. The number of aromatic hydroxyl groups is 1. The maximum Gasteiger partial charge on any atom is 0.307 e. The van der Waals surface area contributed by atoms with Crippen LogP contribution in [-0.2, 0) is 17.9 Å². The molecule has 0 saturated carbocycles. The molecule has 1 N–H and O–H groups in total. The summed E-state index contributed by atoms with van der Waals surface area (Å²) in [5.41, 5.74) is 5.52. The lowest BCUT2D eigenvalue weighted by molar-refractivity contribution is 0.283. The van der Waals surface area contributed by atoms with Crippen LogP contribution < -0.4 is 4.87 Å². The summed E-state index contributed by atoms with van der Waals surface area (Å²) in [6, 6.07) is 18.2. The van der Waals surface area contributed by atoms with Gasteiger partial charge in [0.15, 0.2) is 0 Å². The van der Waals surface area contributed by atoms with Crippen LogP contribution in [-0.4, -0.2) is 9.67 Å². The summed E-state index contributed by atoms with van der Waals surface area (Å²) in [6.07, 6.45) is 0.968. The molecule has 38 heavy (non-hydrogen) atoms. The van der Waals surface area contributed by atoms with Crippen molar-refractivity contribution in [3.63, 3.8) is 0 Å². The predicted octanol–water partition coefficient (Wildman–Crippen LogP) is 9.07. The molecular formula is C32H39N3O2S. The van der Waals surface area contributed by atoms with Crippen LogP contribution in [0.25, 0.3) is 10.2 Å². The number of thiazole rings is 1. The smallest absolute Gasteiger partial charge is 0.307 e. The fourth-order valence-corrected chi connectivity index (χ4v) is 6.38. The molecule has 0 bridgehead atoms. The number of benzene rings is 3. The van der Waals surface area contributed by atoms with Crippen molar-refractivity contribution in [2.24, 2.45) is 22.7 Å². The Hall–Kier alpha value is -3.25. The first-order valence-electron chi connectivity index (χ1n) is 13.1. The van der Waals surface area contributed by atoms with Gasteiger partial charge in [-0.15, -0.1) is 5.11 Å². The molecule has 200 valence electrons. The van der Waals surface area contributed by atoms with Crippen LogP contribution in [0, 0.1) is 12.3 Å². The van der Waals surface area contributed by atoms with Crippen LogP contribution in [0.3, 0.4) is 0 Å². The van der Waals surface area contributed by atoms with Crippen molar-refractivity contribution in [3.8, 4) is 5.75 Å². The van der Waals surface area contributed by atoms with E-state index >= 15 is 0 Å². The number of azo groups is 1. The van der Waals surface area contributed by atoms with Gasteiger partial charge in [0.1, 0.15) is 11.4 Å². The SMILES string of the molecule is Cc1cc2c(cc1N=Nc1cc(C(C)(C)CC(C)(C)C)cc(C(C)(C)c3ccccc3)c1O)sc(=O)n2C. The highest BCUT2D eigenvalue weighted by Gasteiger charge is 2.33. The van der Waals surface area contributed by atoms with Crippen molar-refractivity contribution in [1.29, 1.82) is 0 Å². The highest BCUT2D eigenvalue weighted by atomic mass is 32.1. The molecule has 0 spiro atoms. The van der Waals surface area contributed by atoms with Gasteiger partial charge in [-0.1, -0.05) is 96.2 Å². The maximum absolute atomic E-state index is 12.2.